The van der Waals surface area contributed by atoms with Crippen LogP contribution in [-0.4, -0.2) is 30.3 Å². The zero-order chi connectivity index (χ0) is 16.6. The second kappa shape index (κ2) is 6.21. The first kappa shape index (κ1) is 15.6. The van der Waals surface area contributed by atoms with Gasteiger partial charge in [0.2, 0.25) is 10.0 Å². The Hall–Kier alpha value is -1.87. The topological polar surface area (TPSA) is 84.0 Å². The van der Waals surface area contributed by atoms with E-state index >= 15 is 0 Å². The third-order valence-corrected chi connectivity index (χ3v) is 6.23. The first-order chi connectivity index (χ1) is 11.6. The van der Waals surface area contributed by atoms with Gasteiger partial charge in [0.05, 0.1) is 11.7 Å². The summed E-state index contributed by atoms with van der Waals surface area (Å²) in [6.07, 6.45) is 0.962. The van der Waals surface area contributed by atoms with Gasteiger partial charge in [0.25, 0.3) is 0 Å². The summed E-state index contributed by atoms with van der Waals surface area (Å²) in [6, 6.07) is 13.1. The van der Waals surface area contributed by atoms with Gasteiger partial charge in [0.15, 0.2) is 0 Å². The van der Waals surface area contributed by atoms with E-state index in [1.54, 1.807) is 18.2 Å². The molecule has 0 radical (unpaired) electrons. The number of nitrogens with zero attached hydrogens (tertiary/aromatic N) is 2. The zero-order valence-corrected chi connectivity index (χ0v) is 14.4. The molecule has 1 atom stereocenters. The Bertz CT molecular complexity index is 984. The average molecular weight is 360 g/mol. The van der Waals surface area contributed by atoms with E-state index in [4.69, 9.17) is 0 Å². The van der Waals surface area contributed by atoms with Gasteiger partial charge in [0, 0.05) is 12.6 Å². The van der Waals surface area contributed by atoms with Gasteiger partial charge >= 0.3 is 0 Å². The lowest BCUT2D eigenvalue weighted by molar-refractivity contribution is 0.492. The Kier molecular flexibility index (Phi) is 4.05. The number of sulfonamides is 1. The van der Waals surface area contributed by atoms with E-state index in [0.717, 1.165) is 30.3 Å². The Morgan fingerprint density at radius 3 is 2.96 bits per heavy atom. The first-order valence-corrected chi connectivity index (χ1v) is 9.89. The normalized spacial score (nSPS) is 17.8. The summed E-state index contributed by atoms with van der Waals surface area (Å²) < 4.78 is 36.3. The van der Waals surface area contributed by atoms with Crippen LogP contribution in [0.15, 0.2) is 47.4 Å². The van der Waals surface area contributed by atoms with Crippen LogP contribution in [-0.2, 0) is 16.4 Å². The van der Waals surface area contributed by atoms with Crippen molar-refractivity contribution < 1.29 is 8.42 Å². The van der Waals surface area contributed by atoms with Gasteiger partial charge in [-0.25, -0.2) is 13.1 Å². The van der Waals surface area contributed by atoms with Gasteiger partial charge < -0.3 is 5.32 Å². The molecule has 2 aromatic carbocycles. The van der Waals surface area contributed by atoms with Crippen LogP contribution in [0.3, 0.4) is 0 Å². The Morgan fingerprint density at radius 1 is 1.17 bits per heavy atom. The minimum atomic E-state index is -3.64. The number of rotatable bonds is 4. The van der Waals surface area contributed by atoms with Crippen LogP contribution in [0.1, 0.15) is 17.2 Å². The van der Waals surface area contributed by atoms with Gasteiger partial charge in [0.1, 0.15) is 15.9 Å². The van der Waals surface area contributed by atoms with Crippen LogP contribution >= 0.6 is 11.7 Å². The van der Waals surface area contributed by atoms with E-state index in [1.165, 1.54) is 5.56 Å². The van der Waals surface area contributed by atoms with E-state index in [9.17, 15) is 8.42 Å². The number of fused-ring (bicyclic) bond motifs is 2. The average Bonchev–Trinajstić information content (AvgIpc) is 3.08. The van der Waals surface area contributed by atoms with Crippen molar-refractivity contribution in [3.05, 3.63) is 53.6 Å². The van der Waals surface area contributed by atoms with E-state index in [-0.39, 0.29) is 10.9 Å². The Labute approximate surface area is 144 Å². The molecule has 8 heteroatoms. The van der Waals surface area contributed by atoms with Crippen molar-refractivity contribution in [1.82, 2.24) is 18.8 Å². The summed E-state index contributed by atoms with van der Waals surface area (Å²) in [7, 11) is -3.64. The number of benzene rings is 2. The molecular formula is C16H16N4O2S2. The summed E-state index contributed by atoms with van der Waals surface area (Å²) in [4.78, 5) is 0.179. The molecule has 0 saturated heterocycles. The SMILES string of the molecule is O=S(=O)(NCC1NCCc2ccccc21)c1cccc2nsnc12. The number of hydrogen-bond acceptors (Lipinski definition) is 6. The van der Waals surface area contributed by atoms with Crippen LogP contribution in [0.5, 0.6) is 0 Å². The van der Waals surface area contributed by atoms with Gasteiger partial charge in [-0.1, -0.05) is 30.3 Å². The first-order valence-electron chi connectivity index (χ1n) is 7.67. The fourth-order valence-corrected chi connectivity index (χ4v) is 4.86. The minimum absolute atomic E-state index is 0.0301. The highest BCUT2D eigenvalue weighted by Gasteiger charge is 2.24. The lowest BCUT2D eigenvalue weighted by Crippen LogP contribution is -2.38. The predicted octanol–water partition coefficient (Wildman–Crippen LogP) is 1.86. The van der Waals surface area contributed by atoms with Crippen molar-refractivity contribution in [3.63, 3.8) is 0 Å². The van der Waals surface area contributed by atoms with Crippen LogP contribution < -0.4 is 10.0 Å². The molecule has 1 aliphatic heterocycles. The fourth-order valence-electron chi connectivity index (χ4n) is 3.04. The maximum atomic E-state index is 12.7. The molecule has 2 N–H and O–H groups in total. The number of aromatic nitrogens is 2. The molecule has 1 aromatic heterocycles. The summed E-state index contributed by atoms with van der Waals surface area (Å²) in [5, 5.41) is 3.38. The van der Waals surface area contributed by atoms with Crippen LogP contribution in [0.4, 0.5) is 0 Å². The summed E-state index contributed by atoms with van der Waals surface area (Å²) in [6.45, 7) is 1.14. The standard InChI is InChI=1S/C16H16N4O2S2/c21-24(22,15-7-3-6-13-16(15)20-23-19-13)18-10-14-12-5-2-1-4-11(12)8-9-17-14/h1-7,14,17-18H,8-10H2. The molecular weight excluding hydrogens is 344 g/mol. The van der Waals surface area contributed by atoms with Crippen molar-refractivity contribution >= 4 is 32.8 Å². The summed E-state index contributed by atoms with van der Waals surface area (Å²) in [5.41, 5.74) is 3.45. The summed E-state index contributed by atoms with van der Waals surface area (Å²) >= 11 is 1.02. The third kappa shape index (κ3) is 2.82. The van der Waals surface area contributed by atoms with Crippen molar-refractivity contribution in [2.45, 2.75) is 17.4 Å². The van der Waals surface area contributed by atoms with Gasteiger partial charge in [-0.05, 0) is 36.2 Å². The Morgan fingerprint density at radius 2 is 2.04 bits per heavy atom. The van der Waals surface area contributed by atoms with E-state index < -0.39 is 10.0 Å². The molecule has 0 aliphatic carbocycles. The van der Waals surface area contributed by atoms with Crippen molar-refractivity contribution in [2.24, 2.45) is 0 Å². The molecule has 0 saturated carbocycles. The monoisotopic (exact) mass is 360 g/mol. The minimum Gasteiger partial charge on any atom is -0.308 e. The molecule has 6 nitrogen and oxygen atoms in total. The molecule has 0 spiro atoms. The predicted molar refractivity (Wildman–Crippen MR) is 93.5 cm³/mol. The largest absolute Gasteiger partial charge is 0.308 e. The van der Waals surface area contributed by atoms with Crippen LogP contribution in [0.2, 0.25) is 0 Å². The second-order valence-electron chi connectivity index (χ2n) is 5.70. The molecule has 3 aromatic rings. The van der Waals surface area contributed by atoms with Crippen LogP contribution in [0.25, 0.3) is 11.0 Å². The van der Waals surface area contributed by atoms with Crippen molar-refractivity contribution in [3.8, 4) is 0 Å². The number of hydrogen-bond donors (Lipinski definition) is 2. The number of nitrogens with one attached hydrogen (secondary N) is 2. The highest BCUT2D eigenvalue weighted by Crippen LogP contribution is 2.24. The van der Waals surface area contributed by atoms with E-state index in [0.29, 0.717) is 17.6 Å². The zero-order valence-electron chi connectivity index (χ0n) is 12.8. The molecule has 0 amide bonds. The van der Waals surface area contributed by atoms with Crippen molar-refractivity contribution in [2.75, 3.05) is 13.1 Å². The summed E-state index contributed by atoms with van der Waals surface area (Å²) in [5.74, 6) is 0. The molecule has 2 heterocycles. The molecule has 1 aliphatic rings. The lowest BCUT2D eigenvalue weighted by atomic mass is 9.95. The molecule has 0 bridgehead atoms. The van der Waals surface area contributed by atoms with Crippen molar-refractivity contribution in [1.29, 1.82) is 0 Å². The van der Waals surface area contributed by atoms with Gasteiger partial charge in [-0.15, -0.1) is 0 Å². The molecule has 4 rings (SSSR count). The van der Waals surface area contributed by atoms with E-state index in [1.807, 2.05) is 18.2 Å². The van der Waals surface area contributed by atoms with E-state index in [2.05, 4.69) is 24.9 Å². The highest BCUT2D eigenvalue weighted by molar-refractivity contribution is 7.89. The smallest absolute Gasteiger partial charge is 0.242 e. The second-order valence-corrected chi connectivity index (χ2v) is 7.96. The maximum Gasteiger partial charge on any atom is 0.242 e. The third-order valence-electron chi connectivity index (χ3n) is 4.23. The fraction of sp³-hybridized carbons (Fsp3) is 0.250. The molecule has 24 heavy (non-hydrogen) atoms. The quantitative estimate of drug-likeness (QED) is 0.742. The highest BCUT2D eigenvalue weighted by atomic mass is 32.2. The molecule has 124 valence electrons. The van der Waals surface area contributed by atoms with Gasteiger partial charge in [-0.2, -0.15) is 8.75 Å². The molecule has 1 unspecified atom stereocenters. The maximum absolute atomic E-state index is 12.7. The van der Waals surface area contributed by atoms with Crippen LogP contribution in [0, 0.1) is 0 Å². The lowest BCUT2D eigenvalue weighted by Gasteiger charge is -2.27. The molecule has 0 fully saturated rings. The Balaban J connectivity index is 1.59. The van der Waals surface area contributed by atoms with Gasteiger partial charge in [-0.3, -0.25) is 0 Å².